The zero-order valence-corrected chi connectivity index (χ0v) is 11.5. The molecule has 0 saturated carbocycles. The second-order valence-corrected chi connectivity index (χ2v) is 4.26. The van der Waals surface area contributed by atoms with E-state index in [-0.39, 0.29) is 5.91 Å². The summed E-state index contributed by atoms with van der Waals surface area (Å²) in [6, 6.07) is 10.3. The predicted molar refractivity (Wildman–Crippen MR) is 81.3 cm³/mol. The van der Waals surface area contributed by atoms with Gasteiger partial charge in [0.15, 0.2) is 0 Å². The third-order valence-electron chi connectivity index (χ3n) is 2.68. The van der Waals surface area contributed by atoms with Gasteiger partial charge in [-0.05, 0) is 35.9 Å². The van der Waals surface area contributed by atoms with Gasteiger partial charge in [-0.2, -0.15) is 5.10 Å². The topological polar surface area (TPSA) is 107 Å². The van der Waals surface area contributed by atoms with E-state index in [4.69, 9.17) is 5.21 Å². The highest BCUT2D eigenvalue weighted by Gasteiger charge is 2.04. The SMILES string of the molecule is O=C(C=Cc1cccc(C(=O)NN=Cc2ccc[nH]2)c1)NO. The minimum atomic E-state index is -0.648. The molecule has 7 nitrogen and oxygen atoms in total. The molecule has 4 N–H and O–H groups in total. The van der Waals surface area contributed by atoms with Crippen LogP contribution in [0.25, 0.3) is 6.08 Å². The van der Waals surface area contributed by atoms with E-state index in [1.165, 1.54) is 17.8 Å². The first-order valence-electron chi connectivity index (χ1n) is 6.38. The number of hydroxylamine groups is 1. The predicted octanol–water partition coefficient (Wildman–Crippen LogP) is 1.30. The molecule has 0 spiro atoms. The number of benzene rings is 1. The van der Waals surface area contributed by atoms with Crippen LogP contribution in [-0.2, 0) is 4.79 Å². The monoisotopic (exact) mass is 298 g/mol. The Hall–Kier alpha value is -3.19. The minimum Gasteiger partial charge on any atom is -0.360 e. The lowest BCUT2D eigenvalue weighted by Crippen LogP contribution is -2.17. The summed E-state index contributed by atoms with van der Waals surface area (Å²) in [5.74, 6) is -1.02. The maximum atomic E-state index is 11.9. The zero-order valence-electron chi connectivity index (χ0n) is 11.5. The first kappa shape index (κ1) is 15.2. The van der Waals surface area contributed by atoms with Gasteiger partial charge in [0.2, 0.25) is 0 Å². The fourth-order valence-electron chi connectivity index (χ4n) is 1.64. The molecule has 2 aromatic rings. The van der Waals surface area contributed by atoms with Crippen LogP contribution in [0.2, 0.25) is 0 Å². The zero-order chi connectivity index (χ0) is 15.8. The van der Waals surface area contributed by atoms with Crippen molar-refractivity contribution in [2.45, 2.75) is 0 Å². The highest BCUT2D eigenvalue weighted by molar-refractivity contribution is 5.96. The number of nitrogens with one attached hydrogen (secondary N) is 3. The summed E-state index contributed by atoms with van der Waals surface area (Å²) in [5.41, 5.74) is 5.71. The van der Waals surface area contributed by atoms with Crippen molar-refractivity contribution in [3.63, 3.8) is 0 Å². The van der Waals surface area contributed by atoms with E-state index in [9.17, 15) is 9.59 Å². The van der Waals surface area contributed by atoms with Crippen LogP contribution in [0, 0.1) is 0 Å². The Morgan fingerprint density at radius 3 is 2.82 bits per heavy atom. The molecule has 1 aromatic heterocycles. The van der Waals surface area contributed by atoms with Gasteiger partial charge in [0.05, 0.1) is 11.9 Å². The highest BCUT2D eigenvalue weighted by atomic mass is 16.5. The van der Waals surface area contributed by atoms with Crippen LogP contribution in [0.15, 0.2) is 53.8 Å². The maximum Gasteiger partial charge on any atom is 0.271 e. The number of hydrogen-bond acceptors (Lipinski definition) is 4. The Labute approximate surface area is 126 Å². The van der Waals surface area contributed by atoms with Gasteiger partial charge < -0.3 is 4.98 Å². The fraction of sp³-hybridized carbons (Fsp3) is 0. The van der Waals surface area contributed by atoms with E-state index in [2.05, 4.69) is 15.5 Å². The van der Waals surface area contributed by atoms with Gasteiger partial charge in [-0.3, -0.25) is 14.8 Å². The van der Waals surface area contributed by atoms with Gasteiger partial charge >= 0.3 is 0 Å². The Bertz CT molecular complexity index is 705. The highest BCUT2D eigenvalue weighted by Crippen LogP contribution is 2.07. The molecule has 112 valence electrons. The number of H-pyrrole nitrogens is 1. The molecule has 22 heavy (non-hydrogen) atoms. The molecule has 0 unspecified atom stereocenters. The second kappa shape index (κ2) is 7.55. The number of amides is 2. The maximum absolute atomic E-state index is 11.9. The quantitative estimate of drug-likeness (QED) is 0.289. The Morgan fingerprint density at radius 2 is 2.09 bits per heavy atom. The number of rotatable bonds is 5. The van der Waals surface area contributed by atoms with Crippen LogP contribution in [-0.4, -0.2) is 28.2 Å². The molecule has 0 aliphatic heterocycles. The van der Waals surface area contributed by atoms with Crippen molar-refractivity contribution in [1.82, 2.24) is 15.9 Å². The number of hydrazone groups is 1. The van der Waals surface area contributed by atoms with E-state index in [0.29, 0.717) is 11.1 Å². The molecule has 0 aliphatic rings. The molecular weight excluding hydrogens is 284 g/mol. The van der Waals surface area contributed by atoms with Crippen LogP contribution >= 0.6 is 0 Å². The summed E-state index contributed by atoms with van der Waals surface area (Å²) < 4.78 is 0. The van der Waals surface area contributed by atoms with Gasteiger partial charge in [0, 0.05) is 17.8 Å². The van der Waals surface area contributed by atoms with Crippen LogP contribution in [0.5, 0.6) is 0 Å². The van der Waals surface area contributed by atoms with E-state index in [1.807, 2.05) is 12.1 Å². The van der Waals surface area contributed by atoms with Crippen molar-refractivity contribution in [2.24, 2.45) is 5.10 Å². The van der Waals surface area contributed by atoms with E-state index in [1.54, 1.807) is 30.5 Å². The van der Waals surface area contributed by atoms with Gasteiger partial charge in [-0.25, -0.2) is 10.9 Å². The average molecular weight is 298 g/mol. The third-order valence-corrected chi connectivity index (χ3v) is 2.68. The molecule has 0 radical (unpaired) electrons. The van der Waals surface area contributed by atoms with Gasteiger partial charge in [-0.1, -0.05) is 12.1 Å². The summed E-state index contributed by atoms with van der Waals surface area (Å²) in [7, 11) is 0. The lowest BCUT2D eigenvalue weighted by Gasteiger charge is -2.01. The molecule has 0 saturated heterocycles. The van der Waals surface area contributed by atoms with Crippen molar-refractivity contribution in [2.75, 3.05) is 0 Å². The molecule has 0 atom stereocenters. The summed E-state index contributed by atoms with van der Waals surface area (Å²) in [6.45, 7) is 0. The first-order valence-corrected chi connectivity index (χ1v) is 6.38. The number of hydrogen-bond donors (Lipinski definition) is 4. The van der Waals surface area contributed by atoms with Crippen molar-refractivity contribution in [3.8, 4) is 0 Å². The molecule has 0 aliphatic carbocycles. The van der Waals surface area contributed by atoms with Crippen LogP contribution < -0.4 is 10.9 Å². The van der Waals surface area contributed by atoms with Crippen LogP contribution in [0.4, 0.5) is 0 Å². The summed E-state index contributed by atoms with van der Waals surface area (Å²) in [4.78, 5) is 25.8. The molecule has 0 bridgehead atoms. The number of carbonyl (C=O) groups excluding carboxylic acids is 2. The molecule has 1 heterocycles. The Morgan fingerprint density at radius 1 is 1.23 bits per heavy atom. The molecule has 2 amide bonds. The van der Waals surface area contributed by atoms with Crippen molar-refractivity contribution in [3.05, 3.63) is 65.5 Å². The standard InChI is InChI=1S/C15H14N4O3/c20-14(19-22)7-6-11-3-1-4-12(9-11)15(21)18-17-10-13-5-2-8-16-13/h1-10,16,22H,(H,18,21)(H,19,20). The molecule has 7 heteroatoms. The smallest absolute Gasteiger partial charge is 0.271 e. The van der Waals surface area contributed by atoms with Crippen molar-refractivity contribution >= 4 is 24.1 Å². The summed E-state index contributed by atoms with van der Waals surface area (Å²) in [5, 5.41) is 12.2. The lowest BCUT2D eigenvalue weighted by atomic mass is 10.1. The first-order chi connectivity index (χ1) is 10.7. The largest absolute Gasteiger partial charge is 0.360 e. The Balaban J connectivity index is 2.00. The molecule has 2 rings (SSSR count). The second-order valence-electron chi connectivity index (χ2n) is 4.26. The Kier molecular flexibility index (Phi) is 5.22. The van der Waals surface area contributed by atoms with Crippen LogP contribution in [0.1, 0.15) is 21.6 Å². The van der Waals surface area contributed by atoms with Gasteiger partial charge in [-0.15, -0.1) is 0 Å². The van der Waals surface area contributed by atoms with Crippen molar-refractivity contribution in [1.29, 1.82) is 0 Å². The van der Waals surface area contributed by atoms with E-state index >= 15 is 0 Å². The number of carbonyl (C=O) groups is 2. The average Bonchev–Trinajstić information content (AvgIpc) is 3.06. The van der Waals surface area contributed by atoms with Gasteiger partial charge in [0.1, 0.15) is 0 Å². The molecular formula is C15H14N4O3. The molecule has 0 fully saturated rings. The minimum absolute atomic E-state index is 0.371. The number of nitrogens with zero attached hydrogens (tertiary/aromatic N) is 1. The van der Waals surface area contributed by atoms with E-state index < -0.39 is 5.91 Å². The normalized spacial score (nSPS) is 11.0. The molecule has 1 aromatic carbocycles. The number of aromatic nitrogens is 1. The van der Waals surface area contributed by atoms with Crippen LogP contribution in [0.3, 0.4) is 0 Å². The van der Waals surface area contributed by atoms with Gasteiger partial charge in [0.25, 0.3) is 11.8 Å². The fourth-order valence-corrected chi connectivity index (χ4v) is 1.64. The van der Waals surface area contributed by atoms with Crippen molar-refractivity contribution < 1.29 is 14.8 Å². The summed E-state index contributed by atoms with van der Waals surface area (Å²) in [6.07, 6.45) is 5.87. The number of aromatic amines is 1. The lowest BCUT2D eigenvalue weighted by molar-refractivity contribution is -0.124. The summed E-state index contributed by atoms with van der Waals surface area (Å²) >= 11 is 0. The van der Waals surface area contributed by atoms with E-state index in [0.717, 1.165) is 11.8 Å². The third kappa shape index (κ3) is 4.43.